The molecule has 0 aliphatic rings. The summed E-state index contributed by atoms with van der Waals surface area (Å²) < 4.78 is 3.91. The molecule has 0 unspecified atom stereocenters. The van der Waals surface area contributed by atoms with Gasteiger partial charge in [-0.3, -0.25) is 18.7 Å². The van der Waals surface area contributed by atoms with Crippen LogP contribution in [0.2, 0.25) is 0 Å². The first kappa shape index (κ1) is 18.0. The van der Waals surface area contributed by atoms with Crippen molar-refractivity contribution in [1.82, 2.24) is 28.9 Å². The summed E-state index contributed by atoms with van der Waals surface area (Å²) in [4.78, 5) is 40.6. The van der Waals surface area contributed by atoms with Crippen molar-refractivity contribution in [2.24, 2.45) is 14.1 Å². The summed E-state index contributed by atoms with van der Waals surface area (Å²) in [5.41, 5.74) is -0.293. The quantitative estimate of drug-likeness (QED) is 0.689. The summed E-state index contributed by atoms with van der Waals surface area (Å²) in [5.74, 6) is 0.0123. The lowest BCUT2D eigenvalue weighted by Gasteiger charge is -2.06. The Hall–Kier alpha value is -2.82. The second-order valence-corrected chi connectivity index (χ2v) is 7.22. The molecule has 0 saturated heterocycles. The minimum absolute atomic E-state index is 0.133. The van der Waals surface area contributed by atoms with Gasteiger partial charge in [0.05, 0.1) is 6.33 Å². The maximum absolute atomic E-state index is 12.4. The lowest BCUT2D eigenvalue weighted by Crippen LogP contribution is -2.37. The van der Waals surface area contributed by atoms with Gasteiger partial charge in [-0.15, -0.1) is 10.2 Å². The molecule has 3 aromatic heterocycles. The summed E-state index contributed by atoms with van der Waals surface area (Å²) in [6.45, 7) is 4.26. The number of anilines is 1. The maximum Gasteiger partial charge on any atom is 0.332 e. The zero-order valence-electron chi connectivity index (χ0n) is 14.9. The lowest BCUT2D eigenvalue weighted by molar-refractivity contribution is -0.116. The number of hydrogen-bond donors (Lipinski definition) is 1. The van der Waals surface area contributed by atoms with Crippen LogP contribution < -0.4 is 16.6 Å². The highest BCUT2D eigenvalue weighted by atomic mass is 32.1. The van der Waals surface area contributed by atoms with Crippen LogP contribution in [0.5, 0.6) is 0 Å². The van der Waals surface area contributed by atoms with Gasteiger partial charge in [-0.25, -0.2) is 9.78 Å². The van der Waals surface area contributed by atoms with Crippen LogP contribution in [-0.2, 0) is 25.4 Å². The number of aromatic nitrogens is 6. The highest BCUT2D eigenvalue weighted by molar-refractivity contribution is 7.15. The first-order valence-corrected chi connectivity index (χ1v) is 8.85. The Kier molecular flexibility index (Phi) is 4.72. The van der Waals surface area contributed by atoms with Crippen LogP contribution >= 0.6 is 11.3 Å². The van der Waals surface area contributed by atoms with Gasteiger partial charge in [0.2, 0.25) is 11.0 Å². The van der Waals surface area contributed by atoms with Gasteiger partial charge >= 0.3 is 5.69 Å². The second kappa shape index (κ2) is 6.83. The predicted molar refractivity (Wildman–Crippen MR) is 97.5 cm³/mol. The highest BCUT2D eigenvalue weighted by Crippen LogP contribution is 2.22. The summed E-state index contributed by atoms with van der Waals surface area (Å²) in [7, 11) is 2.96. The number of aryl methyl sites for hydroxylation is 2. The number of fused-ring (bicyclic) bond motifs is 1. The molecule has 10 nitrogen and oxygen atoms in total. The van der Waals surface area contributed by atoms with E-state index >= 15 is 0 Å². The molecule has 0 aromatic carbocycles. The van der Waals surface area contributed by atoms with Gasteiger partial charge < -0.3 is 9.88 Å². The molecular formula is C15H19N7O3S. The fourth-order valence-electron chi connectivity index (χ4n) is 2.49. The second-order valence-electron chi connectivity index (χ2n) is 6.21. The number of rotatable bonds is 5. The normalized spacial score (nSPS) is 11.4. The Morgan fingerprint density at radius 1 is 1.23 bits per heavy atom. The highest BCUT2D eigenvalue weighted by Gasteiger charge is 2.15. The predicted octanol–water partition coefficient (Wildman–Crippen LogP) is 0.437. The Morgan fingerprint density at radius 2 is 1.96 bits per heavy atom. The first-order chi connectivity index (χ1) is 12.3. The van der Waals surface area contributed by atoms with Gasteiger partial charge in [-0.1, -0.05) is 25.2 Å². The van der Waals surface area contributed by atoms with E-state index in [9.17, 15) is 14.4 Å². The Labute approximate surface area is 152 Å². The molecule has 0 atom stereocenters. The van der Waals surface area contributed by atoms with Gasteiger partial charge in [0.25, 0.3) is 5.56 Å². The van der Waals surface area contributed by atoms with Crippen LogP contribution in [0.15, 0.2) is 15.9 Å². The minimum atomic E-state index is -0.442. The zero-order chi connectivity index (χ0) is 19.0. The van der Waals surface area contributed by atoms with E-state index in [0.717, 1.165) is 9.57 Å². The topological polar surface area (TPSA) is 117 Å². The van der Waals surface area contributed by atoms with Crippen LogP contribution in [-0.4, -0.2) is 34.8 Å². The Morgan fingerprint density at radius 3 is 2.62 bits per heavy atom. The number of carbonyl (C=O) groups excluding carboxylic acids is 1. The third-order valence-electron chi connectivity index (χ3n) is 3.98. The molecule has 26 heavy (non-hydrogen) atoms. The van der Waals surface area contributed by atoms with E-state index in [1.165, 1.54) is 29.3 Å². The van der Waals surface area contributed by atoms with Crippen LogP contribution in [0, 0.1) is 0 Å². The average molecular weight is 377 g/mol. The number of imidazole rings is 1. The van der Waals surface area contributed by atoms with E-state index in [1.807, 2.05) is 13.8 Å². The van der Waals surface area contributed by atoms with Crippen LogP contribution in [0.3, 0.4) is 0 Å². The van der Waals surface area contributed by atoms with Gasteiger partial charge in [0.1, 0.15) is 5.01 Å². The monoisotopic (exact) mass is 377 g/mol. The molecule has 0 saturated carbocycles. The van der Waals surface area contributed by atoms with Crippen LogP contribution in [0.25, 0.3) is 11.2 Å². The van der Waals surface area contributed by atoms with Gasteiger partial charge in [-0.2, -0.15) is 0 Å². The molecule has 0 spiro atoms. The van der Waals surface area contributed by atoms with E-state index in [-0.39, 0.29) is 24.8 Å². The van der Waals surface area contributed by atoms with Crippen LogP contribution in [0.1, 0.15) is 31.2 Å². The van der Waals surface area contributed by atoms with Crippen molar-refractivity contribution in [3.63, 3.8) is 0 Å². The molecule has 1 N–H and O–H groups in total. The van der Waals surface area contributed by atoms with Crippen molar-refractivity contribution in [2.45, 2.75) is 32.7 Å². The average Bonchev–Trinajstić information content (AvgIpc) is 3.23. The summed E-state index contributed by atoms with van der Waals surface area (Å²) in [6.07, 6.45) is 1.59. The molecule has 0 aliphatic heterocycles. The molecular weight excluding hydrogens is 358 g/mol. The maximum atomic E-state index is 12.4. The van der Waals surface area contributed by atoms with Gasteiger partial charge in [-0.05, 0) is 0 Å². The SMILES string of the molecule is CC(C)c1nnc(NC(=O)CCn2cnc3c2c(=O)n(C)c(=O)n3C)s1. The van der Waals surface area contributed by atoms with Crippen molar-refractivity contribution >= 4 is 33.5 Å². The molecule has 3 aromatic rings. The molecule has 138 valence electrons. The molecule has 1 amide bonds. The van der Waals surface area contributed by atoms with Crippen molar-refractivity contribution in [1.29, 1.82) is 0 Å². The third kappa shape index (κ3) is 3.17. The number of nitrogens with one attached hydrogen (secondary N) is 1. The molecule has 0 bridgehead atoms. The summed E-state index contributed by atoms with van der Waals surface area (Å²) >= 11 is 1.34. The molecule has 3 rings (SSSR count). The molecule has 0 fully saturated rings. The van der Waals surface area contributed by atoms with Gasteiger partial charge in [0, 0.05) is 33.0 Å². The Bertz CT molecular complexity index is 1090. The number of carbonyl (C=O) groups is 1. The molecule has 0 radical (unpaired) electrons. The van der Waals surface area contributed by atoms with E-state index < -0.39 is 11.2 Å². The van der Waals surface area contributed by atoms with Crippen molar-refractivity contribution in [2.75, 3.05) is 5.32 Å². The van der Waals surface area contributed by atoms with Crippen molar-refractivity contribution in [3.05, 3.63) is 32.2 Å². The largest absolute Gasteiger partial charge is 0.332 e. The number of hydrogen-bond acceptors (Lipinski definition) is 7. The van der Waals surface area contributed by atoms with Crippen LogP contribution in [0.4, 0.5) is 5.13 Å². The third-order valence-corrected chi connectivity index (χ3v) is 5.12. The van der Waals surface area contributed by atoms with Crippen molar-refractivity contribution < 1.29 is 4.79 Å². The van der Waals surface area contributed by atoms with E-state index in [1.54, 1.807) is 11.6 Å². The minimum Gasteiger partial charge on any atom is -0.324 e. The van der Waals surface area contributed by atoms with E-state index in [4.69, 9.17) is 0 Å². The van der Waals surface area contributed by atoms with E-state index in [2.05, 4.69) is 20.5 Å². The summed E-state index contributed by atoms with van der Waals surface area (Å²) in [5, 5.41) is 12.0. The fraction of sp³-hybridized carbons (Fsp3) is 0.467. The zero-order valence-corrected chi connectivity index (χ0v) is 15.7. The molecule has 0 aliphatic carbocycles. The smallest absolute Gasteiger partial charge is 0.324 e. The van der Waals surface area contributed by atoms with Gasteiger partial charge in [0.15, 0.2) is 11.2 Å². The van der Waals surface area contributed by atoms with Crippen molar-refractivity contribution in [3.8, 4) is 0 Å². The standard InChI is InChI=1S/C15H19N7O3S/c1-8(2)12-18-19-14(26-12)17-9(23)5-6-22-7-16-11-10(22)13(24)21(4)15(25)20(11)3/h7-8H,5-6H2,1-4H3,(H,17,19,23). The lowest BCUT2D eigenvalue weighted by atomic mass is 10.2. The molecule has 3 heterocycles. The number of nitrogens with zero attached hydrogens (tertiary/aromatic N) is 6. The molecule has 11 heteroatoms. The number of amides is 1. The first-order valence-electron chi connectivity index (χ1n) is 8.03. The van der Waals surface area contributed by atoms with E-state index in [0.29, 0.717) is 16.3 Å². The Balaban J connectivity index is 1.76. The summed E-state index contributed by atoms with van der Waals surface area (Å²) in [6, 6.07) is 0. The fourth-order valence-corrected chi connectivity index (χ4v) is 3.25.